The van der Waals surface area contributed by atoms with Crippen LogP contribution in [0, 0.1) is 0 Å². The molecule has 1 unspecified atom stereocenters. The molecule has 0 radical (unpaired) electrons. The molecule has 0 bridgehead atoms. The highest BCUT2D eigenvalue weighted by atomic mass is 35.5. The first-order valence-corrected chi connectivity index (χ1v) is 5.94. The van der Waals surface area contributed by atoms with Crippen LogP contribution >= 0.6 is 11.6 Å². The van der Waals surface area contributed by atoms with Gasteiger partial charge in [0.15, 0.2) is 6.10 Å². The molecule has 1 rings (SSSR count). The molecule has 18 heavy (non-hydrogen) atoms. The zero-order chi connectivity index (χ0) is 13.6. The lowest BCUT2D eigenvalue weighted by Gasteiger charge is -2.21. The molecule has 0 saturated heterocycles. The average Bonchev–Trinajstić information content (AvgIpc) is 2.29. The van der Waals surface area contributed by atoms with Crippen molar-refractivity contribution in [2.75, 3.05) is 18.2 Å². The summed E-state index contributed by atoms with van der Waals surface area (Å²) < 4.78 is 43.3. The van der Waals surface area contributed by atoms with Crippen LogP contribution < -0.4 is 5.73 Å². The normalized spacial score (nSPS) is 13.6. The third-order valence-electron chi connectivity index (χ3n) is 2.22. The van der Waals surface area contributed by atoms with Gasteiger partial charge in [-0.25, -0.2) is 4.98 Å². The highest BCUT2D eigenvalue weighted by molar-refractivity contribution is 6.17. The Morgan fingerprint density at radius 3 is 2.56 bits per heavy atom. The Hall–Kier alpha value is -1.01. The van der Waals surface area contributed by atoms with Crippen LogP contribution in [0.5, 0.6) is 0 Å². The lowest BCUT2D eigenvalue weighted by molar-refractivity contribution is -0.224. The highest BCUT2D eigenvalue weighted by Gasteiger charge is 2.41. The van der Waals surface area contributed by atoms with Crippen LogP contribution in [-0.4, -0.2) is 23.6 Å². The van der Waals surface area contributed by atoms with Gasteiger partial charge < -0.3 is 10.5 Å². The smallest absolute Gasteiger partial charge is 0.384 e. The van der Waals surface area contributed by atoms with Gasteiger partial charge in [0.2, 0.25) is 0 Å². The second-order valence-electron chi connectivity index (χ2n) is 3.70. The van der Waals surface area contributed by atoms with Crippen LogP contribution in [0.4, 0.5) is 19.0 Å². The molecule has 0 aliphatic carbocycles. The van der Waals surface area contributed by atoms with E-state index in [0.29, 0.717) is 18.7 Å². The van der Waals surface area contributed by atoms with Crippen molar-refractivity contribution >= 4 is 17.4 Å². The number of nitrogens with two attached hydrogens (primary N) is 1. The number of anilines is 1. The summed E-state index contributed by atoms with van der Waals surface area (Å²) in [7, 11) is 0. The van der Waals surface area contributed by atoms with Crippen molar-refractivity contribution in [3.05, 3.63) is 23.9 Å². The number of unbranched alkanes of at least 4 members (excludes halogenated alkanes) is 1. The molecule has 0 fully saturated rings. The van der Waals surface area contributed by atoms with E-state index in [1.807, 2.05) is 0 Å². The second kappa shape index (κ2) is 6.80. The summed E-state index contributed by atoms with van der Waals surface area (Å²) in [4.78, 5) is 3.63. The number of halogens is 4. The van der Waals surface area contributed by atoms with Crippen LogP contribution in [0.3, 0.4) is 0 Å². The Bertz CT molecular complexity index is 356. The molecule has 0 aliphatic rings. The summed E-state index contributed by atoms with van der Waals surface area (Å²) in [6, 6.07) is 2.58. The number of rotatable bonds is 6. The summed E-state index contributed by atoms with van der Waals surface area (Å²) in [5, 5.41) is 0. The quantitative estimate of drug-likeness (QED) is 0.643. The predicted molar refractivity (Wildman–Crippen MR) is 63.4 cm³/mol. The molecule has 1 aromatic rings. The molecule has 2 N–H and O–H groups in total. The van der Waals surface area contributed by atoms with Gasteiger partial charge in [0.1, 0.15) is 5.82 Å². The lowest BCUT2D eigenvalue weighted by atomic mass is 10.1. The number of aromatic nitrogens is 1. The maximum atomic E-state index is 12.8. The minimum absolute atomic E-state index is 0.00126. The minimum atomic E-state index is -4.47. The SMILES string of the molecule is Nc1ccc(C(OCCCCCl)C(F)(F)F)cn1. The molecule has 1 aromatic heterocycles. The topological polar surface area (TPSA) is 48.1 Å². The standard InChI is InChI=1S/C11H14ClF3N2O/c12-5-1-2-6-18-10(11(13,14)15)8-3-4-9(16)17-7-8/h3-4,7,10H,1-2,5-6H2,(H2,16,17). The number of pyridine rings is 1. The van der Waals surface area contributed by atoms with E-state index >= 15 is 0 Å². The van der Waals surface area contributed by atoms with E-state index < -0.39 is 12.3 Å². The van der Waals surface area contributed by atoms with Crippen molar-refractivity contribution in [1.29, 1.82) is 0 Å². The van der Waals surface area contributed by atoms with Gasteiger partial charge in [0, 0.05) is 24.2 Å². The molecular weight excluding hydrogens is 269 g/mol. The van der Waals surface area contributed by atoms with Crippen LogP contribution in [0.1, 0.15) is 24.5 Å². The van der Waals surface area contributed by atoms with Crippen LogP contribution in [0.2, 0.25) is 0 Å². The van der Waals surface area contributed by atoms with Gasteiger partial charge in [-0.2, -0.15) is 13.2 Å². The van der Waals surface area contributed by atoms with Gasteiger partial charge in [-0.05, 0) is 18.9 Å². The van der Waals surface area contributed by atoms with Gasteiger partial charge in [0.05, 0.1) is 0 Å². The van der Waals surface area contributed by atoms with Gasteiger partial charge in [-0.3, -0.25) is 0 Å². The molecule has 1 heterocycles. The van der Waals surface area contributed by atoms with E-state index in [2.05, 4.69) is 4.98 Å². The Kier molecular flexibility index (Phi) is 5.68. The molecule has 7 heteroatoms. The highest BCUT2D eigenvalue weighted by Crippen LogP contribution is 2.35. The van der Waals surface area contributed by atoms with Crippen LogP contribution in [0.15, 0.2) is 18.3 Å². The summed E-state index contributed by atoms with van der Waals surface area (Å²) in [6.45, 7) is 0.00126. The first-order valence-electron chi connectivity index (χ1n) is 5.41. The van der Waals surface area contributed by atoms with Crippen molar-refractivity contribution in [2.45, 2.75) is 25.1 Å². The molecule has 0 spiro atoms. The van der Waals surface area contributed by atoms with Crippen molar-refractivity contribution < 1.29 is 17.9 Å². The molecule has 0 aromatic carbocycles. The summed E-state index contributed by atoms with van der Waals surface area (Å²) >= 11 is 5.44. The fourth-order valence-corrected chi connectivity index (χ4v) is 1.54. The maximum Gasteiger partial charge on any atom is 0.418 e. The Morgan fingerprint density at radius 1 is 1.33 bits per heavy atom. The minimum Gasteiger partial charge on any atom is -0.384 e. The average molecular weight is 283 g/mol. The first-order chi connectivity index (χ1) is 8.45. The largest absolute Gasteiger partial charge is 0.418 e. The number of nitrogen functional groups attached to an aromatic ring is 1. The molecule has 0 amide bonds. The lowest BCUT2D eigenvalue weighted by Crippen LogP contribution is -2.24. The van der Waals surface area contributed by atoms with E-state index in [0.717, 1.165) is 6.20 Å². The summed E-state index contributed by atoms with van der Waals surface area (Å²) in [6.07, 6.45) is -4.26. The van der Waals surface area contributed by atoms with E-state index in [-0.39, 0.29) is 18.0 Å². The Labute approximate surface area is 108 Å². The van der Waals surface area contributed by atoms with E-state index in [4.69, 9.17) is 22.1 Å². The molecule has 3 nitrogen and oxygen atoms in total. The molecular formula is C11H14ClF3N2O. The number of alkyl halides is 4. The van der Waals surface area contributed by atoms with Crippen LogP contribution in [-0.2, 0) is 4.74 Å². The zero-order valence-electron chi connectivity index (χ0n) is 9.58. The van der Waals surface area contributed by atoms with E-state index in [1.165, 1.54) is 12.1 Å². The first kappa shape index (κ1) is 15.0. The molecule has 102 valence electrons. The monoisotopic (exact) mass is 282 g/mol. The Morgan fingerprint density at radius 2 is 2.06 bits per heavy atom. The molecule has 0 saturated carbocycles. The fourth-order valence-electron chi connectivity index (χ4n) is 1.35. The van der Waals surface area contributed by atoms with Gasteiger partial charge in [-0.15, -0.1) is 11.6 Å². The number of hydrogen-bond donors (Lipinski definition) is 1. The van der Waals surface area contributed by atoms with Gasteiger partial charge in [-0.1, -0.05) is 6.07 Å². The van der Waals surface area contributed by atoms with Crippen molar-refractivity contribution in [2.24, 2.45) is 0 Å². The maximum absolute atomic E-state index is 12.8. The van der Waals surface area contributed by atoms with E-state index in [1.54, 1.807) is 0 Å². The number of nitrogens with zero attached hydrogens (tertiary/aromatic N) is 1. The summed E-state index contributed by atoms with van der Waals surface area (Å²) in [5.41, 5.74) is 5.27. The predicted octanol–water partition coefficient (Wildman–Crippen LogP) is 3.30. The van der Waals surface area contributed by atoms with Gasteiger partial charge in [0.25, 0.3) is 0 Å². The second-order valence-corrected chi connectivity index (χ2v) is 4.08. The van der Waals surface area contributed by atoms with Crippen molar-refractivity contribution in [3.63, 3.8) is 0 Å². The third-order valence-corrected chi connectivity index (χ3v) is 2.49. The van der Waals surface area contributed by atoms with Crippen LogP contribution in [0.25, 0.3) is 0 Å². The van der Waals surface area contributed by atoms with Gasteiger partial charge >= 0.3 is 6.18 Å². The number of hydrogen-bond acceptors (Lipinski definition) is 3. The third kappa shape index (κ3) is 4.70. The Balaban J connectivity index is 2.70. The zero-order valence-corrected chi connectivity index (χ0v) is 10.3. The molecule has 1 atom stereocenters. The van der Waals surface area contributed by atoms with E-state index in [9.17, 15) is 13.2 Å². The van der Waals surface area contributed by atoms with Crippen molar-refractivity contribution in [1.82, 2.24) is 4.98 Å². The fraction of sp³-hybridized carbons (Fsp3) is 0.545. The molecule has 0 aliphatic heterocycles. The van der Waals surface area contributed by atoms with Crippen molar-refractivity contribution in [3.8, 4) is 0 Å². The summed E-state index contributed by atoms with van der Waals surface area (Å²) in [5.74, 6) is 0.575. The number of ether oxygens (including phenoxy) is 1.